The molecular weight excluding hydrogens is 292 g/mol. The standard InChI is InChI=1S/C15H15ClN2OS/c1-2-19-12-6-4-11(5-7-12)18-14-8-3-10(16)9-13(14)15(17)20/h3-9,18H,2H2,1H3,(H2,17,20). The third-order valence-electron chi connectivity index (χ3n) is 2.69. The lowest BCUT2D eigenvalue weighted by atomic mass is 10.1. The Bertz CT molecular complexity index is 614. The largest absolute Gasteiger partial charge is 0.494 e. The third kappa shape index (κ3) is 3.62. The van der Waals surface area contributed by atoms with E-state index < -0.39 is 0 Å². The summed E-state index contributed by atoms with van der Waals surface area (Å²) in [5, 5.41) is 3.87. The molecule has 5 heteroatoms. The van der Waals surface area contributed by atoms with Crippen molar-refractivity contribution in [1.82, 2.24) is 0 Å². The van der Waals surface area contributed by atoms with Crippen molar-refractivity contribution in [3.63, 3.8) is 0 Å². The summed E-state index contributed by atoms with van der Waals surface area (Å²) in [4.78, 5) is 0.306. The lowest BCUT2D eigenvalue weighted by Gasteiger charge is -2.12. The molecule has 0 atom stereocenters. The average Bonchev–Trinajstić information content (AvgIpc) is 2.43. The van der Waals surface area contributed by atoms with Crippen LogP contribution in [0.2, 0.25) is 5.02 Å². The van der Waals surface area contributed by atoms with Crippen LogP contribution in [0.5, 0.6) is 5.75 Å². The monoisotopic (exact) mass is 306 g/mol. The van der Waals surface area contributed by atoms with Crippen molar-refractivity contribution in [3.8, 4) is 5.75 Å². The van der Waals surface area contributed by atoms with Crippen LogP contribution < -0.4 is 15.8 Å². The first-order valence-corrected chi connectivity index (χ1v) is 6.98. The highest BCUT2D eigenvalue weighted by molar-refractivity contribution is 7.80. The normalized spacial score (nSPS) is 10.1. The van der Waals surface area contributed by atoms with Gasteiger partial charge < -0.3 is 15.8 Å². The molecule has 0 spiro atoms. The molecule has 2 aromatic carbocycles. The number of ether oxygens (including phenoxy) is 1. The van der Waals surface area contributed by atoms with Crippen molar-refractivity contribution < 1.29 is 4.74 Å². The molecule has 104 valence electrons. The second kappa shape index (κ2) is 6.59. The molecular formula is C15H15ClN2OS. The van der Waals surface area contributed by atoms with Crippen molar-refractivity contribution in [2.75, 3.05) is 11.9 Å². The maximum Gasteiger partial charge on any atom is 0.119 e. The first kappa shape index (κ1) is 14.6. The number of benzene rings is 2. The second-order valence-corrected chi connectivity index (χ2v) is 5.01. The van der Waals surface area contributed by atoms with Crippen molar-refractivity contribution >= 4 is 40.2 Å². The first-order valence-electron chi connectivity index (χ1n) is 6.19. The van der Waals surface area contributed by atoms with Gasteiger partial charge in [0.15, 0.2) is 0 Å². The minimum absolute atomic E-state index is 0.306. The van der Waals surface area contributed by atoms with Crippen molar-refractivity contribution in [1.29, 1.82) is 0 Å². The Balaban J connectivity index is 2.23. The van der Waals surface area contributed by atoms with E-state index in [9.17, 15) is 0 Å². The lowest BCUT2D eigenvalue weighted by molar-refractivity contribution is 0.340. The van der Waals surface area contributed by atoms with E-state index in [1.807, 2.05) is 37.3 Å². The highest BCUT2D eigenvalue weighted by Crippen LogP contribution is 2.25. The fourth-order valence-corrected chi connectivity index (χ4v) is 2.13. The molecule has 3 N–H and O–H groups in total. The topological polar surface area (TPSA) is 47.3 Å². The molecule has 0 fully saturated rings. The number of halogens is 1. The predicted molar refractivity (Wildman–Crippen MR) is 88.2 cm³/mol. The highest BCUT2D eigenvalue weighted by atomic mass is 35.5. The smallest absolute Gasteiger partial charge is 0.119 e. The Morgan fingerprint density at radius 3 is 2.55 bits per heavy atom. The molecule has 0 aliphatic carbocycles. The van der Waals surface area contributed by atoms with Gasteiger partial charge in [0, 0.05) is 22.0 Å². The van der Waals surface area contributed by atoms with Crippen LogP contribution in [0.25, 0.3) is 0 Å². The molecule has 0 aliphatic heterocycles. The predicted octanol–water partition coefficient (Wildman–Crippen LogP) is 4.12. The first-order chi connectivity index (χ1) is 9.60. The zero-order valence-corrected chi connectivity index (χ0v) is 12.6. The van der Waals surface area contributed by atoms with Crippen molar-refractivity contribution in [3.05, 3.63) is 53.1 Å². The Morgan fingerprint density at radius 1 is 1.25 bits per heavy atom. The summed E-state index contributed by atoms with van der Waals surface area (Å²) >= 11 is 11.0. The molecule has 0 radical (unpaired) electrons. The molecule has 2 aromatic rings. The van der Waals surface area contributed by atoms with Gasteiger partial charge in [-0.2, -0.15) is 0 Å². The van der Waals surface area contributed by atoms with E-state index in [1.165, 1.54) is 0 Å². The van der Waals surface area contributed by atoms with E-state index in [0.717, 1.165) is 22.7 Å². The third-order valence-corrected chi connectivity index (χ3v) is 3.15. The van der Waals surface area contributed by atoms with E-state index in [2.05, 4.69) is 5.32 Å². The summed E-state index contributed by atoms with van der Waals surface area (Å²) in [5.74, 6) is 0.837. The number of nitrogens with one attached hydrogen (secondary N) is 1. The summed E-state index contributed by atoms with van der Waals surface area (Å²) in [6, 6.07) is 13.1. The molecule has 0 amide bonds. The van der Waals surface area contributed by atoms with Crippen LogP contribution in [-0.2, 0) is 0 Å². The molecule has 0 saturated carbocycles. The van der Waals surface area contributed by atoms with Crippen LogP contribution in [0.15, 0.2) is 42.5 Å². The van der Waals surface area contributed by atoms with Gasteiger partial charge >= 0.3 is 0 Å². The van der Waals surface area contributed by atoms with Crippen LogP contribution in [0.1, 0.15) is 12.5 Å². The van der Waals surface area contributed by atoms with Gasteiger partial charge in [0.05, 0.1) is 6.61 Å². The SMILES string of the molecule is CCOc1ccc(Nc2ccc(Cl)cc2C(N)=S)cc1. The molecule has 0 aromatic heterocycles. The number of thiocarbonyl (C=S) groups is 1. The summed E-state index contributed by atoms with van der Waals surface area (Å²) in [7, 11) is 0. The van der Waals surface area contributed by atoms with Gasteiger partial charge in [-0.15, -0.1) is 0 Å². The maximum absolute atomic E-state index is 5.96. The number of nitrogens with two attached hydrogens (primary N) is 1. The number of rotatable bonds is 5. The molecule has 3 nitrogen and oxygen atoms in total. The Labute approximate surface area is 128 Å². The summed E-state index contributed by atoms with van der Waals surface area (Å²) < 4.78 is 5.40. The molecule has 20 heavy (non-hydrogen) atoms. The van der Waals surface area contributed by atoms with Crippen LogP contribution in [0, 0.1) is 0 Å². The molecule has 0 heterocycles. The Kier molecular flexibility index (Phi) is 4.82. The van der Waals surface area contributed by atoms with Gasteiger partial charge in [-0.3, -0.25) is 0 Å². The van der Waals surface area contributed by atoms with E-state index in [-0.39, 0.29) is 0 Å². The fourth-order valence-electron chi connectivity index (χ4n) is 1.79. The fraction of sp³-hybridized carbons (Fsp3) is 0.133. The summed E-state index contributed by atoms with van der Waals surface area (Å²) in [5.41, 5.74) is 8.19. The summed E-state index contributed by atoms with van der Waals surface area (Å²) in [6.07, 6.45) is 0. The van der Waals surface area contributed by atoms with Crippen LogP contribution >= 0.6 is 23.8 Å². The number of hydrogen-bond donors (Lipinski definition) is 2. The van der Waals surface area contributed by atoms with E-state index in [0.29, 0.717) is 16.6 Å². The van der Waals surface area contributed by atoms with Gasteiger partial charge in [0.1, 0.15) is 10.7 Å². The average molecular weight is 307 g/mol. The zero-order valence-electron chi connectivity index (χ0n) is 11.0. The van der Waals surface area contributed by atoms with Gasteiger partial charge in [0.2, 0.25) is 0 Å². The van der Waals surface area contributed by atoms with Crippen LogP contribution in [-0.4, -0.2) is 11.6 Å². The van der Waals surface area contributed by atoms with E-state index in [1.54, 1.807) is 12.1 Å². The molecule has 0 unspecified atom stereocenters. The Morgan fingerprint density at radius 2 is 1.95 bits per heavy atom. The summed E-state index contributed by atoms with van der Waals surface area (Å²) in [6.45, 7) is 2.60. The quantitative estimate of drug-likeness (QED) is 0.816. The molecule has 0 saturated heterocycles. The minimum atomic E-state index is 0.306. The zero-order chi connectivity index (χ0) is 14.5. The second-order valence-electron chi connectivity index (χ2n) is 4.14. The van der Waals surface area contributed by atoms with Gasteiger partial charge in [-0.05, 0) is 49.4 Å². The van der Waals surface area contributed by atoms with Gasteiger partial charge in [-0.25, -0.2) is 0 Å². The van der Waals surface area contributed by atoms with Crippen molar-refractivity contribution in [2.24, 2.45) is 5.73 Å². The molecule has 0 aliphatic rings. The van der Waals surface area contributed by atoms with Gasteiger partial charge in [0.25, 0.3) is 0 Å². The molecule has 0 bridgehead atoms. The maximum atomic E-state index is 5.96. The van der Waals surface area contributed by atoms with Gasteiger partial charge in [-0.1, -0.05) is 23.8 Å². The highest BCUT2D eigenvalue weighted by Gasteiger charge is 2.06. The molecule has 2 rings (SSSR count). The minimum Gasteiger partial charge on any atom is -0.494 e. The lowest BCUT2D eigenvalue weighted by Crippen LogP contribution is -2.11. The number of hydrogen-bond acceptors (Lipinski definition) is 3. The van der Waals surface area contributed by atoms with Crippen molar-refractivity contribution in [2.45, 2.75) is 6.92 Å². The van der Waals surface area contributed by atoms with Crippen LogP contribution in [0.3, 0.4) is 0 Å². The van der Waals surface area contributed by atoms with E-state index in [4.69, 9.17) is 34.3 Å². The van der Waals surface area contributed by atoms with E-state index >= 15 is 0 Å². The Hall–Kier alpha value is -1.78. The van der Waals surface area contributed by atoms with Crippen LogP contribution in [0.4, 0.5) is 11.4 Å². The number of anilines is 2.